The summed E-state index contributed by atoms with van der Waals surface area (Å²) in [6.45, 7) is 3.97. The minimum absolute atomic E-state index is 0.101. The molecule has 1 rings (SSSR count). The van der Waals surface area contributed by atoms with Gasteiger partial charge in [0.1, 0.15) is 17.5 Å². The number of nitrogens with one attached hydrogen (secondary N) is 1. The first-order chi connectivity index (χ1) is 8.36. The van der Waals surface area contributed by atoms with Gasteiger partial charge in [-0.2, -0.15) is 0 Å². The summed E-state index contributed by atoms with van der Waals surface area (Å²) < 4.78 is 26.2. The van der Waals surface area contributed by atoms with Crippen molar-refractivity contribution in [2.45, 2.75) is 20.3 Å². The number of halogens is 2. The lowest BCUT2D eigenvalue weighted by Gasteiger charge is -2.23. The standard InChI is InChI=1S/C12H17F2N3O/c1-12(2,11(15)17-18)5-6-16-10-7-8(13)3-4-9(10)14/h3-4,7,16,18H,5-6H2,1-2H3,(H2,15,17). The largest absolute Gasteiger partial charge is 0.409 e. The fourth-order valence-electron chi connectivity index (χ4n) is 1.41. The second-order valence-corrected chi connectivity index (χ2v) is 4.67. The Balaban J connectivity index is 2.59. The predicted molar refractivity (Wildman–Crippen MR) is 66.7 cm³/mol. The van der Waals surface area contributed by atoms with E-state index in [9.17, 15) is 8.78 Å². The van der Waals surface area contributed by atoms with Crippen LogP contribution < -0.4 is 11.1 Å². The first kappa shape index (κ1) is 14.2. The van der Waals surface area contributed by atoms with Gasteiger partial charge in [0.15, 0.2) is 0 Å². The van der Waals surface area contributed by atoms with Crippen LogP contribution in [0.3, 0.4) is 0 Å². The Kier molecular flexibility index (Phi) is 4.47. The van der Waals surface area contributed by atoms with Crippen LogP contribution in [0.25, 0.3) is 0 Å². The number of hydrogen-bond acceptors (Lipinski definition) is 3. The van der Waals surface area contributed by atoms with E-state index in [2.05, 4.69) is 10.5 Å². The van der Waals surface area contributed by atoms with Crippen LogP contribution in [-0.2, 0) is 0 Å². The highest BCUT2D eigenvalue weighted by Gasteiger charge is 2.23. The van der Waals surface area contributed by atoms with Crippen LogP contribution in [0.5, 0.6) is 0 Å². The van der Waals surface area contributed by atoms with E-state index in [4.69, 9.17) is 10.9 Å². The number of rotatable bonds is 5. The average molecular weight is 257 g/mol. The van der Waals surface area contributed by atoms with Crippen LogP contribution in [0.2, 0.25) is 0 Å². The Labute approximate surface area is 104 Å². The van der Waals surface area contributed by atoms with Crippen molar-refractivity contribution in [1.29, 1.82) is 0 Å². The molecule has 0 aliphatic heterocycles. The number of oxime groups is 1. The van der Waals surface area contributed by atoms with E-state index in [-0.39, 0.29) is 11.5 Å². The number of nitrogens with zero attached hydrogens (tertiary/aromatic N) is 1. The van der Waals surface area contributed by atoms with E-state index in [1.807, 2.05) is 0 Å². The third kappa shape index (κ3) is 3.58. The minimum Gasteiger partial charge on any atom is -0.409 e. The SMILES string of the molecule is CC(C)(CCNc1cc(F)ccc1F)C(N)=NO. The molecule has 1 aromatic carbocycles. The molecule has 0 amide bonds. The van der Waals surface area contributed by atoms with E-state index >= 15 is 0 Å². The van der Waals surface area contributed by atoms with Gasteiger partial charge in [-0.25, -0.2) is 8.78 Å². The first-order valence-electron chi connectivity index (χ1n) is 5.54. The maximum Gasteiger partial charge on any atom is 0.146 e. The topological polar surface area (TPSA) is 70.6 Å². The molecule has 0 aliphatic carbocycles. The number of hydrogen-bond donors (Lipinski definition) is 3. The van der Waals surface area contributed by atoms with Gasteiger partial charge in [0.05, 0.1) is 5.69 Å². The van der Waals surface area contributed by atoms with Crippen LogP contribution in [-0.4, -0.2) is 17.6 Å². The quantitative estimate of drug-likeness (QED) is 0.328. The Morgan fingerprint density at radius 1 is 1.44 bits per heavy atom. The fraction of sp³-hybridized carbons (Fsp3) is 0.417. The molecule has 0 radical (unpaired) electrons. The molecular weight excluding hydrogens is 240 g/mol. The lowest BCUT2D eigenvalue weighted by molar-refractivity contribution is 0.306. The molecule has 0 saturated carbocycles. The Hall–Kier alpha value is -1.85. The lowest BCUT2D eigenvalue weighted by atomic mass is 9.88. The molecule has 0 aliphatic rings. The Morgan fingerprint density at radius 2 is 2.11 bits per heavy atom. The van der Waals surface area contributed by atoms with E-state index in [0.29, 0.717) is 13.0 Å². The second kappa shape index (κ2) is 5.66. The summed E-state index contributed by atoms with van der Waals surface area (Å²) in [5.41, 5.74) is 5.10. The summed E-state index contributed by atoms with van der Waals surface area (Å²) >= 11 is 0. The smallest absolute Gasteiger partial charge is 0.146 e. The van der Waals surface area contributed by atoms with Crippen molar-refractivity contribution in [3.8, 4) is 0 Å². The van der Waals surface area contributed by atoms with Gasteiger partial charge in [-0.3, -0.25) is 0 Å². The van der Waals surface area contributed by atoms with Gasteiger partial charge >= 0.3 is 0 Å². The van der Waals surface area contributed by atoms with E-state index in [0.717, 1.165) is 18.2 Å². The highest BCUT2D eigenvalue weighted by atomic mass is 19.1. The minimum atomic E-state index is -0.522. The first-order valence-corrected chi connectivity index (χ1v) is 5.54. The molecule has 0 heterocycles. The zero-order valence-electron chi connectivity index (χ0n) is 10.4. The van der Waals surface area contributed by atoms with Crippen molar-refractivity contribution in [2.75, 3.05) is 11.9 Å². The zero-order valence-corrected chi connectivity index (χ0v) is 10.4. The molecule has 0 spiro atoms. The maximum atomic E-state index is 13.3. The number of amidine groups is 1. The van der Waals surface area contributed by atoms with Crippen LogP contribution >= 0.6 is 0 Å². The van der Waals surface area contributed by atoms with Crippen LogP contribution in [0.1, 0.15) is 20.3 Å². The zero-order chi connectivity index (χ0) is 13.8. The van der Waals surface area contributed by atoms with Gasteiger partial charge in [-0.15, -0.1) is 0 Å². The summed E-state index contributed by atoms with van der Waals surface area (Å²) in [6, 6.07) is 3.21. The molecule has 0 atom stereocenters. The molecule has 6 heteroatoms. The van der Waals surface area contributed by atoms with Crippen molar-refractivity contribution in [3.05, 3.63) is 29.8 Å². The lowest BCUT2D eigenvalue weighted by Crippen LogP contribution is -2.33. The normalized spacial score (nSPS) is 12.6. The fourth-order valence-corrected chi connectivity index (χ4v) is 1.41. The van der Waals surface area contributed by atoms with Crippen molar-refractivity contribution >= 4 is 11.5 Å². The predicted octanol–water partition coefficient (Wildman–Crippen LogP) is 2.54. The van der Waals surface area contributed by atoms with E-state index < -0.39 is 17.0 Å². The number of benzene rings is 1. The van der Waals surface area contributed by atoms with Crippen LogP contribution in [0, 0.1) is 17.0 Å². The van der Waals surface area contributed by atoms with Crippen LogP contribution in [0.15, 0.2) is 23.4 Å². The van der Waals surface area contributed by atoms with Gasteiger partial charge in [0.25, 0.3) is 0 Å². The highest BCUT2D eigenvalue weighted by molar-refractivity contribution is 5.85. The maximum absolute atomic E-state index is 13.3. The summed E-state index contributed by atoms with van der Waals surface area (Å²) in [5, 5.41) is 14.3. The third-order valence-corrected chi connectivity index (χ3v) is 2.79. The van der Waals surface area contributed by atoms with E-state index in [1.165, 1.54) is 0 Å². The molecular formula is C12H17F2N3O. The molecule has 0 aromatic heterocycles. The van der Waals surface area contributed by atoms with Gasteiger partial charge in [0, 0.05) is 12.0 Å². The molecule has 4 nitrogen and oxygen atoms in total. The monoisotopic (exact) mass is 257 g/mol. The molecule has 4 N–H and O–H groups in total. The van der Waals surface area contributed by atoms with Crippen molar-refractivity contribution in [1.82, 2.24) is 0 Å². The van der Waals surface area contributed by atoms with Gasteiger partial charge in [-0.05, 0) is 24.6 Å². The van der Waals surface area contributed by atoms with Gasteiger partial charge < -0.3 is 16.3 Å². The van der Waals surface area contributed by atoms with Crippen LogP contribution in [0.4, 0.5) is 14.5 Å². The summed E-state index contributed by atoms with van der Waals surface area (Å²) in [5.74, 6) is -0.920. The van der Waals surface area contributed by atoms with Crippen molar-refractivity contribution < 1.29 is 14.0 Å². The molecule has 0 unspecified atom stereocenters. The molecule has 1 aromatic rings. The second-order valence-electron chi connectivity index (χ2n) is 4.67. The molecule has 0 fully saturated rings. The number of anilines is 1. The average Bonchev–Trinajstić information content (AvgIpc) is 2.32. The van der Waals surface area contributed by atoms with Crippen molar-refractivity contribution in [2.24, 2.45) is 16.3 Å². The summed E-state index contributed by atoms with van der Waals surface area (Å²) in [7, 11) is 0. The Morgan fingerprint density at radius 3 is 2.72 bits per heavy atom. The van der Waals surface area contributed by atoms with Crippen molar-refractivity contribution in [3.63, 3.8) is 0 Å². The van der Waals surface area contributed by atoms with Gasteiger partial charge in [0.2, 0.25) is 0 Å². The highest BCUT2D eigenvalue weighted by Crippen LogP contribution is 2.21. The third-order valence-electron chi connectivity index (χ3n) is 2.79. The van der Waals surface area contributed by atoms with E-state index in [1.54, 1.807) is 13.8 Å². The molecule has 0 bridgehead atoms. The molecule has 100 valence electrons. The summed E-state index contributed by atoms with van der Waals surface area (Å²) in [6.07, 6.45) is 0.513. The molecule has 0 saturated heterocycles. The Bertz CT molecular complexity index is 447. The summed E-state index contributed by atoms with van der Waals surface area (Å²) in [4.78, 5) is 0. The van der Waals surface area contributed by atoms with Gasteiger partial charge in [-0.1, -0.05) is 19.0 Å². The molecule has 18 heavy (non-hydrogen) atoms. The number of nitrogens with two attached hydrogens (primary N) is 1.